The quantitative estimate of drug-likeness (QED) is 0.414. The van der Waals surface area contributed by atoms with Gasteiger partial charge in [0.1, 0.15) is 6.17 Å². The van der Waals surface area contributed by atoms with Crippen molar-refractivity contribution in [3.63, 3.8) is 0 Å². The fourth-order valence-corrected chi connectivity index (χ4v) is 1.19. The van der Waals surface area contributed by atoms with Gasteiger partial charge >= 0.3 is 0 Å². The zero-order valence-corrected chi connectivity index (χ0v) is 3.93. The minimum atomic E-state index is -0.552. The maximum Gasteiger partial charge on any atom is 0.105 e. The Morgan fingerprint density at radius 1 is 1.29 bits per heavy atom. The Morgan fingerprint density at radius 3 is 2.14 bits per heavy atom. The van der Waals surface area contributed by atoms with Gasteiger partial charge < -0.3 is 4.74 Å². The zero-order chi connectivity index (χ0) is 4.85. The van der Waals surface area contributed by atoms with Crippen molar-refractivity contribution in [1.82, 2.24) is 0 Å². The van der Waals surface area contributed by atoms with Crippen LogP contribution in [-0.2, 0) is 4.74 Å². The van der Waals surface area contributed by atoms with Crippen molar-refractivity contribution >= 4 is 0 Å². The predicted molar refractivity (Wildman–Crippen MR) is 22.8 cm³/mol. The number of ether oxygens (including phenoxy) is 1. The Hall–Kier alpha value is -0.110. The van der Waals surface area contributed by atoms with Crippen molar-refractivity contribution in [3.05, 3.63) is 0 Å². The largest absolute Gasteiger partial charge is 0.369 e. The summed E-state index contributed by atoms with van der Waals surface area (Å²) in [5.74, 6) is 0. The molecule has 0 aromatic carbocycles. The van der Waals surface area contributed by atoms with Crippen LogP contribution in [-0.4, -0.2) is 18.4 Å². The van der Waals surface area contributed by atoms with E-state index in [-0.39, 0.29) is 0 Å². The van der Waals surface area contributed by atoms with Crippen LogP contribution in [0.2, 0.25) is 0 Å². The smallest absolute Gasteiger partial charge is 0.105 e. The molecule has 2 fully saturated rings. The molecular weight excluding hydrogens is 95.1 g/mol. The first-order valence-corrected chi connectivity index (χ1v) is 2.66. The van der Waals surface area contributed by atoms with Crippen molar-refractivity contribution in [2.75, 3.05) is 0 Å². The molecule has 1 nitrogen and oxygen atoms in total. The van der Waals surface area contributed by atoms with Crippen molar-refractivity contribution < 1.29 is 9.13 Å². The molecule has 2 heteroatoms. The number of halogens is 1. The van der Waals surface area contributed by atoms with Gasteiger partial charge in [-0.1, -0.05) is 0 Å². The van der Waals surface area contributed by atoms with Gasteiger partial charge in [0.15, 0.2) is 0 Å². The van der Waals surface area contributed by atoms with E-state index in [2.05, 4.69) is 0 Å². The van der Waals surface area contributed by atoms with Crippen molar-refractivity contribution in [1.29, 1.82) is 0 Å². The summed E-state index contributed by atoms with van der Waals surface area (Å²) >= 11 is 0. The first-order chi connectivity index (χ1) is 3.36. The van der Waals surface area contributed by atoms with Gasteiger partial charge in [-0.3, -0.25) is 0 Å². The van der Waals surface area contributed by atoms with Crippen LogP contribution in [0.15, 0.2) is 0 Å². The second-order valence-electron chi connectivity index (χ2n) is 2.28. The first-order valence-electron chi connectivity index (χ1n) is 2.66. The molecule has 1 aliphatic carbocycles. The highest BCUT2D eigenvalue weighted by Gasteiger charge is 2.48. The van der Waals surface area contributed by atoms with E-state index in [1.54, 1.807) is 0 Å². The van der Waals surface area contributed by atoms with Crippen molar-refractivity contribution in [2.24, 2.45) is 0 Å². The molecule has 1 heterocycles. The van der Waals surface area contributed by atoms with E-state index in [9.17, 15) is 4.39 Å². The standard InChI is InChI=1S/C5H7FO/c6-3-1-4-5(2-3)7-4/h3-5H,1-2H2. The molecule has 0 N–H and O–H groups in total. The average molecular weight is 102 g/mol. The highest BCUT2D eigenvalue weighted by atomic mass is 19.1. The van der Waals surface area contributed by atoms with Gasteiger partial charge in [-0.15, -0.1) is 0 Å². The molecule has 0 bridgehead atoms. The fraction of sp³-hybridized carbons (Fsp3) is 1.00. The molecule has 0 aromatic heterocycles. The molecular formula is C5H7FO. The highest BCUT2D eigenvalue weighted by molar-refractivity contribution is 4.95. The summed E-state index contributed by atoms with van der Waals surface area (Å²) in [6.07, 6.45) is 1.39. The molecule has 2 unspecified atom stereocenters. The summed E-state index contributed by atoms with van der Waals surface area (Å²) in [5, 5.41) is 0. The Balaban J connectivity index is 2.02. The van der Waals surface area contributed by atoms with E-state index in [0.29, 0.717) is 25.0 Å². The van der Waals surface area contributed by atoms with E-state index < -0.39 is 6.17 Å². The molecule has 7 heavy (non-hydrogen) atoms. The summed E-state index contributed by atoms with van der Waals surface area (Å²) in [6, 6.07) is 0. The molecule has 2 atom stereocenters. The normalized spacial score (nSPS) is 57.0. The molecule has 2 rings (SSSR count). The van der Waals surface area contributed by atoms with Gasteiger partial charge in [-0.05, 0) is 0 Å². The first kappa shape index (κ1) is 3.84. The van der Waals surface area contributed by atoms with Crippen molar-refractivity contribution in [3.8, 4) is 0 Å². The Kier molecular flexibility index (Phi) is 0.546. The highest BCUT2D eigenvalue weighted by Crippen LogP contribution is 2.39. The molecule has 0 amide bonds. The molecule has 0 aromatic rings. The lowest BCUT2D eigenvalue weighted by Gasteiger charge is -1.94. The van der Waals surface area contributed by atoms with Crippen LogP contribution >= 0.6 is 0 Å². The maximum absolute atomic E-state index is 12.1. The monoisotopic (exact) mass is 102 g/mol. The van der Waals surface area contributed by atoms with E-state index in [1.165, 1.54) is 0 Å². The second-order valence-corrected chi connectivity index (χ2v) is 2.28. The minimum absolute atomic E-state index is 0.315. The lowest BCUT2D eigenvalue weighted by atomic mass is 10.3. The van der Waals surface area contributed by atoms with Crippen LogP contribution in [0.4, 0.5) is 4.39 Å². The lowest BCUT2D eigenvalue weighted by molar-refractivity contribution is 0.222. The van der Waals surface area contributed by atoms with Crippen molar-refractivity contribution in [2.45, 2.75) is 31.2 Å². The molecule has 0 spiro atoms. The maximum atomic E-state index is 12.1. The van der Waals surface area contributed by atoms with Crippen LogP contribution in [0.1, 0.15) is 12.8 Å². The van der Waals surface area contributed by atoms with Gasteiger partial charge in [0, 0.05) is 12.8 Å². The van der Waals surface area contributed by atoms with Gasteiger partial charge in [-0.2, -0.15) is 0 Å². The summed E-state index contributed by atoms with van der Waals surface area (Å²) in [7, 11) is 0. The van der Waals surface area contributed by atoms with Gasteiger partial charge in [-0.25, -0.2) is 4.39 Å². The lowest BCUT2D eigenvalue weighted by Crippen LogP contribution is -1.95. The third-order valence-corrected chi connectivity index (χ3v) is 1.66. The Bertz CT molecular complexity index is 84.1. The molecule has 1 saturated heterocycles. The van der Waals surface area contributed by atoms with E-state index >= 15 is 0 Å². The Morgan fingerprint density at radius 2 is 1.86 bits per heavy atom. The SMILES string of the molecule is FC1CC2OC2C1. The summed E-state index contributed by atoms with van der Waals surface area (Å²) in [5.41, 5.74) is 0. The number of fused-ring (bicyclic) bond motifs is 1. The average Bonchev–Trinajstić information content (AvgIpc) is 2.15. The van der Waals surface area contributed by atoms with E-state index in [1.807, 2.05) is 0 Å². The van der Waals surface area contributed by atoms with Crippen LogP contribution in [0.5, 0.6) is 0 Å². The van der Waals surface area contributed by atoms with E-state index in [4.69, 9.17) is 4.74 Å². The fourth-order valence-electron chi connectivity index (χ4n) is 1.19. The van der Waals surface area contributed by atoms with E-state index in [0.717, 1.165) is 0 Å². The number of rotatable bonds is 0. The molecule has 40 valence electrons. The molecule has 0 radical (unpaired) electrons. The minimum Gasteiger partial charge on any atom is -0.369 e. The second kappa shape index (κ2) is 0.996. The van der Waals surface area contributed by atoms with Crippen LogP contribution in [0.3, 0.4) is 0 Å². The van der Waals surface area contributed by atoms with Crippen LogP contribution in [0.25, 0.3) is 0 Å². The topological polar surface area (TPSA) is 12.5 Å². The number of hydrogen-bond donors (Lipinski definition) is 0. The summed E-state index contributed by atoms with van der Waals surface area (Å²) in [4.78, 5) is 0. The summed E-state index contributed by atoms with van der Waals surface area (Å²) < 4.78 is 17.1. The van der Waals surface area contributed by atoms with Gasteiger partial charge in [0.05, 0.1) is 12.2 Å². The van der Waals surface area contributed by atoms with Gasteiger partial charge in [0.2, 0.25) is 0 Å². The number of alkyl halides is 1. The van der Waals surface area contributed by atoms with Gasteiger partial charge in [0.25, 0.3) is 0 Å². The zero-order valence-electron chi connectivity index (χ0n) is 3.93. The van der Waals surface area contributed by atoms with Crippen LogP contribution in [0, 0.1) is 0 Å². The van der Waals surface area contributed by atoms with Crippen LogP contribution < -0.4 is 0 Å². The predicted octanol–water partition coefficient (Wildman–Crippen LogP) is 0.886. The summed E-state index contributed by atoms with van der Waals surface area (Å²) in [6.45, 7) is 0. The molecule has 1 aliphatic heterocycles. The number of epoxide rings is 1. The third kappa shape index (κ3) is 0.462. The molecule has 2 aliphatic rings. The molecule has 1 saturated carbocycles. The Labute approximate surface area is 41.5 Å². The number of hydrogen-bond acceptors (Lipinski definition) is 1. The third-order valence-electron chi connectivity index (χ3n) is 1.66.